The molecule has 21 heavy (non-hydrogen) atoms. The van der Waals surface area contributed by atoms with Crippen molar-refractivity contribution in [2.45, 2.75) is 39.3 Å². The van der Waals surface area contributed by atoms with Gasteiger partial charge in [0, 0.05) is 34.7 Å². The second-order valence-corrected chi connectivity index (χ2v) is 6.20. The Morgan fingerprint density at radius 2 is 2.00 bits per heavy atom. The third-order valence-corrected chi connectivity index (χ3v) is 3.97. The van der Waals surface area contributed by atoms with Crippen LogP contribution in [0.15, 0.2) is 30.5 Å². The second kappa shape index (κ2) is 7.30. The Balaban J connectivity index is 2.23. The van der Waals surface area contributed by atoms with Gasteiger partial charge in [0.2, 0.25) is 0 Å². The van der Waals surface area contributed by atoms with Crippen LogP contribution in [0.2, 0.25) is 10.0 Å². The first-order valence-electron chi connectivity index (χ1n) is 7.23. The Kier molecular flexibility index (Phi) is 5.68. The van der Waals surface area contributed by atoms with Crippen molar-refractivity contribution >= 4 is 23.2 Å². The van der Waals surface area contributed by atoms with Crippen LogP contribution in [0.5, 0.6) is 0 Å². The molecule has 0 radical (unpaired) electrons. The Morgan fingerprint density at radius 3 is 2.62 bits per heavy atom. The van der Waals surface area contributed by atoms with Gasteiger partial charge in [0.1, 0.15) is 0 Å². The molecule has 0 bridgehead atoms. The molecular formula is C16H21Cl2N3. The van der Waals surface area contributed by atoms with Crippen molar-refractivity contribution in [1.29, 1.82) is 0 Å². The fraction of sp³-hybridized carbons (Fsp3) is 0.438. The van der Waals surface area contributed by atoms with Gasteiger partial charge in [0.05, 0.1) is 5.69 Å². The van der Waals surface area contributed by atoms with E-state index in [9.17, 15) is 0 Å². The maximum atomic E-state index is 6.32. The zero-order chi connectivity index (χ0) is 15.4. The van der Waals surface area contributed by atoms with Gasteiger partial charge < -0.3 is 5.32 Å². The molecule has 0 saturated carbocycles. The standard InChI is InChI=1S/C16H21Cl2N3/c1-4-19-16(14-9-12(17)5-6-15(14)18)10-13-7-8-21(20-13)11(2)3/h5-9,11,16,19H,4,10H2,1-3H3. The van der Waals surface area contributed by atoms with Gasteiger partial charge in [-0.2, -0.15) is 5.10 Å². The minimum absolute atomic E-state index is 0.108. The van der Waals surface area contributed by atoms with Crippen molar-refractivity contribution in [2.24, 2.45) is 0 Å². The van der Waals surface area contributed by atoms with Gasteiger partial charge >= 0.3 is 0 Å². The highest BCUT2D eigenvalue weighted by Crippen LogP contribution is 2.28. The molecule has 1 aromatic carbocycles. The van der Waals surface area contributed by atoms with Gasteiger partial charge in [0.15, 0.2) is 0 Å². The van der Waals surface area contributed by atoms with Crippen molar-refractivity contribution in [3.05, 3.63) is 51.8 Å². The monoisotopic (exact) mass is 325 g/mol. The summed E-state index contributed by atoms with van der Waals surface area (Å²) in [6, 6.07) is 8.11. The van der Waals surface area contributed by atoms with E-state index in [2.05, 4.69) is 37.3 Å². The Labute approximate surface area is 136 Å². The van der Waals surface area contributed by atoms with E-state index in [0.717, 1.165) is 29.2 Å². The average molecular weight is 326 g/mol. The smallest absolute Gasteiger partial charge is 0.0643 e. The molecule has 1 aromatic heterocycles. The van der Waals surface area contributed by atoms with Crippen molar-refractivity contribution in [3.63, 3.8) is 0 Å². The van der Waals surface area contributed by atoms with Crippen LogP contribution in [0.25, 0.3) is 0 Å². The number of nitrogens with zero attached hydrogens (tertiary/aromatic N) is 2. The van der Waals surface area contributed by atoms with Crippen molar-refractivity contribution in [1.82, 2.24) is 15.1 Å². The summed E-state index contributed by atoms with van der Waals surface area (Å²) in [6.45, 7) is 7.18. The molecule has 1 N–H and O–H groups in total. The lowest BCUT2D eigenvalue weighted by molar-refractivity contribution is 0.506. The van der Waals surface area contributed by atoms with E-state index in [1.54, 1.807) is 0 Å². The maximum absolute atomic E-state index is 6.32. The minimum Gasteiger partial charge on any atom is -0.310 e. The third kappa shape index (κ3) is 4.22. The van der Waals surface area contributed by atoms with Crippen LogP contribution in [-0.2, 0) is 6.42 Å². The molecule has 1 heterocycles. The topological polar surface area (TPSA) is 29.9 Å². The Morgan fingerprint density at radius 1 is 1.24 bits per heavy atom. The van der Waals surface area contributed by atoms with Gasteiger partial charge in [-0.1, -0.05) is 30.1 Å². The molecule has 1 atom stereocenters. The minimum atomic E-state index is 0.108. The van der Waals surface area contributed by atoms with Crippen LogP contribution in [0, 0.1) is 0 Å². The quantitative estimate of drug-likeness (QED) is 0.836. The number of hydrogen-bond acceptors (Lipinski definition) is 2. The highest BCUT2D eigenvalue weighted by molar-refractivity contribution is 6.33. The molecule has 0 amide bonds. The number of nitrogens with one attached hydrogen (secondary N) is 1. The number of rotatable bonds is 6. The lowest BCUT2D eigenvalue weighted by atomic mass is 10.0. The SMILES string of the molecule is CCNC(Cc1ccn(C(C)C)n1)c1cc(Cl)ccc1Cl. The Bertz CT molecular complexity index is 593. The molecule has 2 aromatic rings. The van der Waals surface area contributed by atoms with Crippen LogP contribution in [0.1, 0.15) is 44.1 Å². The highest BCUT2D eigenvalue weighted by atomic mass is 35.5. The molecular weight excluding hydrogens is 305 g/mol. The number of halogens is 2. The molecule has 2 rings (SSSR count). The van der Waals surface area contributed by atoms with Crippen molar-refractivity contribution < 1.29 is 0 Å². The lowest BCUT2D eigenvalue weighted by Crippen LogP contribution is -2.23. The van der Waals surface area contributed by atoms with E-state index in [-0.39, 0.29) is 6.04 Å². The van der Waals surface area contributed by atoms with E-state index >= 15 is 0 Å². The fourth-order valence-corrected chi connectivity index (χ4v) is 2.73. The summed E-state index contributed by atoms with van der Waals surface area (Å²) in [7, 11) is 0. The van der Waals surface area contributed by atoms with E-state index < -0.39 is 0 Å². The Hall–Kier alpha value is -1.03. The maximum Gasteiger partial charge on any atom is 0.0643 e. The van der Waals surface area contributed by atoms with Gasteiger partial charge in [0.25, 0.3) is 0 Å². The first-order valence-corrected chi connectivity index (χ1v) is 7.99. The fourth-order valence-electron chi connectivity index (χ4n) is 2.30. The van der Waals surface area contributed by atoms with Gasteiger partial charge in [-0.25, -0.2) is 0 Å². The van der Waals surface area contributed by atoms with Crippen LogP contribution in [0.3, 0.4) is 0 Å². The summed E-state index contributed by atoms with van der Waals surface area (Å²) in [4.78, 5) is 0. The molecule has 0 spiro atoms. The zero-order valence-corrected chi connectivity index (χ0v) is 14.1. The second-order valence-electron chi connectivity index (χ2n) is 5.36. The van der Waals surface area contributed by atoms with Crippen molar-refractivity contribution in [2.75, 3.05) is 6.54 Å². The molecule has 5 heteroatoms. The molecule has 1 unspecified atom stereocenters. The predicted molar refractivity (Wildman–Crippen MR) is 89.2 cm³/mol. The lowest BCUT2D eigenvalue weighted by Gasteiger charge is -2.19. The van der Waals surface area contributed by atoms with Crippen LogP contribution >= 0.6 is 23.2 Å². The third-order valence-electron chi connectivity index (χ3n) is 3.39. The largest absolute Gasteiger partial charge is 0.310 e. The van der Waals surface area contributed by atoms with E-state index in [4.69, 9.17) is 23.2 Å². The zero-order valence-electron chi connectivity index (χ0n) is 12.6. The summed E-state index contributed by atoms with van der Waals surface area (Å²) < 4.78 is 1.97. The van der Waals surface area contributed by atoms with Crippen LogP contribution in [-0.4, -0.2) is 16.3 Å². The predicted octanol–water partition coefficient (Wildman–Crippen LogP) is 4.66. The first kappa shape index (κ1) is 16.3. The number of aromatic nitrogens is 2. The molecule has 114 valence electrons. The summed E-state index contributed by atoms with van der Waals surface area (Å²) in [6.07, 6.45) is 2.80. The molecule has 0 aliphatic carbocycles. The molecule has 3 nitrogen and oxygen atoms in total. The summed E-state index contributed by atoms with van der Waals surface area (Å²) in [5.41, 5.74) is 2.07. The average Bonchev–Trinajstić information content (AvgIpc) is 2.90. The molecule has 0 aliphatic heterocycles. The van der Waals surface area contributed by atoms with Crippen LogP contribution < -0.4 is 5.32 Å². The van der Waals surface area contributed by atoms with E-state index in [0.29, 0.717) is 11.1 Å². The van der Waals surface area contributed by atoms with E-state index in [1.165, 1.54) is 0 Å². The number of likely N-dealkylation sites (N-methyl/N-ethyl adjacent to an activating group) is 1. The molecule has 0 fully saturated rings. The summed E-state index contributed by atoms with van der Waals surface area (Å²) >= 11 is 12.4. The molecule has 0 saturated heterocycles. The summed E-state index contributed by atoms with van der Waals surface area (Å²) in [5, 5.41) is 9.50. The summed E-state index contributed by atoms with van der Waals surface area (Å²) in [5.74, 6) is 0. The highest BCUT2D eigenvalue weighted by Gasteiger charge is 2.16. The first-order chi connectivity index (χ1) is 10.0. The normalized spacial score (nSPS) is 12.9. The van der Waals surface area contributed by atoms with Gasteiger partial charge in [-0.05, 0) is 50.2 Å². The van der Waals surface area contributed by atoms with Crippen molar-refractivity contribution in [3.8, 4) is 0 Å². The number of hydrogen-bond donors (Lipinski definition) is 1. The van der Waals surface area contributed by atoms with Gasteiger partial charge in [-0.15, -0.1) is 0 Å². The number of benzene rings is 1. The van der Waals surface area contributed by atoms with Gasteiger partial charge in [-0.3, -0.25) is 4.68 Å². The molecule has 0 aliphatic rings. The van der Waals surface area contributed by atoms with E-state index in [1.807, 2.05) is 29.1 Å². The van der Waals surface area contributed by atoms with Crippen LogP contribution in [0.4, 0.5) is 0 Å².